The molecule has 198 valence electrons. The molecule has 3 heterocycles. The number of halogens is 5. The second-order valence-corrected chi connectivity index (χ2v) is 9.55. The van der Waals surface area contributed by atoms with E-state index < -0.39 is 23.1 Å². The van der Waals surface area contributed by atoms with Crippen LogP contribution in [0.2, 0.25) is 10.0 Å². The van der Waals surface area contributed by atoms with Gasteiger partial charge in [0.2, 0.25) is 0 Å². The van der Waals surface area contributed by atoms with Crippen LogP contribution >= 0.6 is 23.2 Å². The summed E-state index contributed by atoms with van der Waals surface area (Å²) in [5.41, 5.74) is 0.933. The quantitative estimate of drug-likeness (QED) is 0.485. The summed E-state index contributed by atoms with van der Waals surface area (Å²) in [4.78, 5) is 18.3. The van der Waals surface area contributed by atoms with Crippen molar-refractivity contribution in [2.24, 2.45) is 0 Å². The van der Waals surface area contributed by atoms with Crippen LogP contribution < -0.4 is 9.64 Å². The lowest BCUT2D eigenvalue weighted by molar-refractivity contribution is -0.142. The molecule has 8 nitrogen and oxygen atoms in total. The number of piperazine rings is 1. The maximum Gasteiger partial charge on any atom is 0.436 e. The van der Waals surface area contributed by atoms with Gasteiger partial charge in [-0.15, -0.1) is 0 Å². The van der Waals surface area contributed by atoms with Gasteiger partial charge in [0, 0.05) is 57.6 Å². The van der Waals surface area contributed by atoms with Gasteiger partial charge < -0.3 is 14.4 Å². The lowest BCUT2D eigenvalue weighted by Gasteiger charge is -2.40. The minimum Gasteiger partial charge on any atom is -0.495 e. The number of carbonyl (C=O) groups is 1. The highest BCUT2D eigenvalue weighted by Gasteiger charge is 2.40. The molecule has 0 saturated carbocycles. The zero-order valence-corrected chi connectivity index (χ0v) is 21.5. The van der Waals surface area contributed by atoms with E-state index in [0.29, 0.717) is 63.0 Å². The van der Waals surface area contributed by atoms with Gasteiger partial charge in [-0.05, 0) is 18.6 Å². The van der Waals surface area contributed by atoms with Gasteiger partial charge in [-0.1, -0.05) is 23.2 Å². The molecule has 4 rings (SSSR count). The molecular weight excluding hydrogens is 522 g/mol. The van der Waals surface area contributed by atoms with Gasteiger partial charge in [-0.2, -0.15) is 18.3 Å². The molecule has 2 aromatic rings. The summed E-state index contributed by atoms with van der Waals surface area (Å²) in [6, 6.07) is 3.83. The van der Waals surface area contributed by atoms with E-state index in [1.165, 1.54) is 6.92 Å². The molecule has 0 N–H and O–H groups in total. The van der Waals surface area contributed by atoms with E-state index >= 15 is 0 Å². The van der Waals surface area contributed by atoms with Gasteiger partial charge in [0.15, 0.2) is 18.1 Å². The molecule has 2 aliphatic heterocycles. The fourth-order valence-electron chi connectivity index (χ4n) is 4.62. The highest BCUT2D eigenvalue weighted by molar-refractivity contribution is 6.32. The average Bonchev–Trinajstić information content (AvgIpc) is 3.16. The third-order valence-electron chi connectivity index (χ3n) is 6.60. The van der Waals surface area contributed by atoms with Crippen LogP contribution in [-0.2, 0) is 22.3 Å². The van der Waals surface area contributed by atoms with Gasteiger partial charge >= 0.3 is 6.18 Å². The van der Waals surface area contributed by atoms with E-state index in [2.05, 4.69) is 14.9 Å². The molecule has 2 saturated heterocycles. The molecule has 1 aromatic carbocycles. The zero-order valence-electron chi connectivity index (χ0n) is 20.0. The van der Waals surface area contributed by atoms with Crippen molar-refractivity contribution >= 4 is 35.2 Å². The van der Waals surface area contributed by atoms with Crippen LogP contribution in [0.3, 0.4) is 0 Å². The van der Waals surface area contributed by atoms with E-state index in [1.807, 2.05) is 12.1 Å². The molecule has 0 amide bonds. The van der Waals surface area contributed by atoms with Gasteiger partial charge in [-0.25, -0.2) is 4.68 Å². The molecule has 1 aromatic heterocycles. The second kappa shape index (κ2) is 11.1. The van der Waals surface area contributed by atoms with Crippen LogP contribution in [-0.4, -0.2) is 85.5 Å². The van der Waals surface area contributed by atoms with Gasteiger partial charge in [-0.3, -0.25) is 14.6 Å². The van der Waals surface area contributed by atoms with E-state index in [-0.39, 0.29) is 5.69 Å². The maximum absolute atomic E-state index is 13.3. The summed E-state index contributed by atoms with van der Waals surface area (Å²) in [6.45, 7) is 7.09. The standard InChI is InChI=1S/C23H28Cl2F3N5O3/c1-15-21(25)22(23(26,27)28)29-33(15)20(14-34)32-5-3-31(4-6-32)18-12-19(35-2)17(24)11-16(18)13-30-7-9-36-10-8-30/h11-12,14,20H,3-10,13H2,1-2H3. The summed E-state index contributed by atoms with van der Waals surface area (Å²) in [5, 5.41) is 3.67. The number of anilines is 1. The Morgan fingerprint density at radius 1 is 1.14 bits per heavy atom. The Morgan fingerprint density at radius 2 is 1.81 bits per heavy atom. The fraction of sp³-hybridized carbons (Fsp3) is 0.565. The Morgan fingerprint density at radius 3 is 2.36 bits per heavy atom. The molecule has 2 aliphatic rings. The normalized spacial score (nSPS) is 18.9. The third-order valence-corrected chi connectivity index (χ3v) is 7.35. The second-order valence-electron chi connectivity index (χ2n) is 8.77. The summed E-state index contributed by atoms with van der Waals surface area (Å²) in [6.07, 6.45) is -5.10. The Labute approximate surface area is 217 Å². The van der Waals surface area contributed by atoms with Gasteiger partial charge in [0.05, 0.1) is 36.1 Å². The summed E-state index contributed by atoms with van der Waals surface area (Å²) < 4.78 is 51.8. The Hall–Kier alpha value is -2.05. The number of hydrogen-bond donors (Lipinski definition) is 0. The zero-order chi connectivity index (χ0) is 26.0. The number of ether oxygens (including phenoxy) is 2. The van der Waals surface area contributed by atoms with E-state index in [0.717, 1.165) is 29.0 Å². The number of alkyl halides is 3. The lowest BCUT2D eigenvalue weighted by atomic mass is 10.1. The fourth-order valence-corrected chi connectivity index (χ4v) is 5.12. The smallest absolute Gasteiger partial charge is 0.436 e. The molecule has 0 radical (unpaired) electrons. The van der Waals surface area contributed by atoms with E-state index in [9.17, 15) is 18.0 Å². The topological polar surface area (TPSA) is 63.1 Å². The molecule has 36 heavy (non-hydrogen) atoms. The van der Waals surface area contributed by atoms with Gasteiger partial charge in [0.1, 0.15) is 5.75 Å². The number of carbonyl (C=O) groups excluding carboxylic acids is 1. The lowest BCUT2D eigenvalue weighted by Crippen LogP contribution is -2.50. The molecule has 0 aliphatic carbocycles. The first-order valence-corrected chi connectivity index (χ1v) is 12.3. The van der Waals surface area contributed by atoms with Crippen molar-refractivity contribution in [1.29, 1.82) is 0 Å². The average molecular weight is 550 g/mol. The number of aldehydes is 1. The number of morpholine rings is 1. The van der Waals surface area contributed by atoms with Crippen molar-refractivity contribution in [1.82, 2.24) is 19.6 Å². The van der Waals surface area contributed by atoms with Crippen LogP contribution in [0, 0.1) is 6.92 Å². The van der Waals surface area contributed by atoms with Crippen LogP contribution in [0.15, 0.2) is 12.1 Å². The summed E-state index contributed by atoms with van der Waals surface area (Å²) in [5.74, 6) is 0.562. The SMILES string of the molecule is COc1cc(N2CCN(C(C=O)n3nc(C(F)(F)F)c(Cl)c3C)CC2)c(CN2CCOCC2)cc1Cl. The number of rotatable bonds is 7. The van der Waals surface area contributed by atoms with E-state index in [4.69, 9.17) is 32.7 Å². The van der Waals surface area contributed by atoms with Gasteiger partial charge in [0.25, 0.3) is 0 Å². The van der Waals surface area contributed by atoms with Crippen molar-refractivity contribution in [3.63, 3.8) is 0 Å². The van der Waals surface area contributed by atoms with Crippen LogP contribution in [0.1, 0.15) is 23.1 Å². The first-order valence-electron chi connectivity index (χ1n) is 11.6. The number of benzene rings is 1. The maximum atomic E-state index is 13.3. The number of hydrogen-bond acceptors (Lipinski definition) is 7. The first-order chi connectivity index (χ1) is 17.1. The summed E-state index contributed by atoms with van der Waals surface area (Å²) in [7, 11) is 1.56. The highest BCUT2D eigenvalue weighted by atomic mass is 35.5. The van der Waals surface area contributed by atoms with Crippen LogP contribution in [0.4, 0.5) is 18.9 Å². The Kier molecular flexibility index (Phi) is 8.35. The molecule has 13 heteroatoms. The highest BCUT2D eigenvalue weighted by Crippen LogP contribution is 2.37. The molecular formula is C23H28Cl2F3N5O3. The largest absolute Gasteiger partial charge is 0.495 e. The third kappa shape index (κ3) is 5.60. The van der Waals surface area contributed by atoms with Crippen LogP contribution in [0.5, 0.6) is 5.75 Å². The molecule has 0 bridgehead atoms. The number of nitrogens with zero attached hydrogens (tertiary/aromatic N) is 5. The van der Waals surface area contributed by atoms with Crippen molar-refractivity contribution < 1.29 is 27.4 Å². The Bertz CT molecular complexity index is 1080. The number of methoxy groups -OCH3 is 1. The molecule has 0 spiro atoms. The number of aromatic nitrogens is 2. The predicted molar refractivity (Wildman–Crippen MR) is 130 cm³/mol. The summed E-state index contributed by atoms with van der Waals surface area (Å²) >= 11 is 12.3. The molecule has 1 unspecified atom stereocenters. The molecule has 1 atom stereocenters. The monoisotopic (exact) mass is 549 g/mol. The predicted octanol–water partition coefficient (Wildman–Crippen LogP) is 3.88. The van der Waals surface area contributed by atoms with Crippen molar-refractivity contribution in [2.45, 2.75) is 25.8 Å². The minimum atomic E-state index is -4.70. The van der Waals surface area contributed by atoms with Crippen molar-refractivity contribution in [3.8, 4) is 5.75 Å². The Balaban J connectivity index is 1.53. The van der Waals surface area contributed by atoms with Crippen molar-refractivity contribution in [3.05, 3.63) is 39.1 Å². The first kappa shape index (κ1) is 27.0. The molecule has 2 fully saturated rings. The minimum absolute atomic E-state index is 0.0961. The van der Waals surface area contributed by atoms with E-state index in [1.54, 1.807) is 12.0 Å². The van der Waals surface area contributed by atoms with Crippen LogP contribution in [0.25, 0.3) is 0 Å². The van der Waals surface area contributed by atoms with Crippen molar-refractivity contribution in [2.75, 3.05) is 64.5 Å².